The van der Waals surface area contributed by atoms with Crippen LogP contribution in [0.15, 0.2) is 0 Å². The van der Waals surface area contributed by atoms with Gasteiger partial charge in [0.15, 0.2) is 6.29 Å². The molecule has 1 heterocycles. The molecule has 5 aliphatic carbocycles. The van der Waals surface area contributed by atoms with Crippen molar-refractivity contribution in [2.45, 2.75) is 66.9 Å². The van der Waals surface area contributed by atoms with E-state index in [1.807, 2.05) is 0 Å². The molecule has 1 aliphatic heterocycles. The zero-order valence-electron chi connectivity index (χ0n) is 38.9. The minimum Gasteiger partial charge on any atom is -0.394 e. The molecule has 2 spiro atoms. The molecule has 28 aromatic rings. The third-order valence-electron chi connectivity index (χ3n) is 27.2. The molecule has 0 bridgehead atoms. The molecule has 6 aliphatic rings. The second-order valence-electron chi connectivity index (χ2n) is 27.8. The maximum Gasteiger partial charge on any atom is 0.186 e. The summed E-state index contributed by atoms with van der Waals surface area (Å²) in [7, 11) is 0. The van der Waals surface area contributed by atoms with Gasteiger partial charge in [0, 0.05) is 10.8 Å². The van der Waals surface area contributed by atoms with Crippen molar-refractivity contribution < 1.29 is 29.9 Å². The summed E-state index contributed by atoms with van der Waals surface area (Å²) in [5.74, 6) is 0. The molecule has 34 rings (SSSR count). The van der Waals surface area contributed by atoms with E-state index in [0.29, 0.717) is 0 Å². The molecule has 1 saturated carbocycles. The molecule has 4 N–H and O–H groups in total. The van der Waals surface area contributed by atoms with Crippen LogP contribution >= 0.6 is 0 Å². The summed E-state index contributed by atoms with van der Waals surface area (Å²) in [6.07, 6.45) is -4.60. The molecule has 1 unspecified atom stereocenters. The Hall–Kier alpha value is -7.78. The van der Waals surface area contributed by atoms with Crippen molar-refractivity contribution in [3.05, 3.63) is 22.3 Å². The van der Waals surface area contributed by atoms with Crippen molar-refractivity contribution in [1.82, 2.24) is 0 Å². The normalized spacial score (nSPS) is 29.1. The van der Waals surface area contributed by atoms with Crippen LogP contribution in [0, 0.1) is 0 Å². The van der Waals surface area contributed by atoms with E-state index in [-0.39, 0.29) is 11.5 Å². The third kappa shape index (κ3) is 1.74. The van der Waals surface area contributed by atoms with Gasteiger partial charge in [0.2, 0.25) is 0 Å². The molecule has 334 valence electrons. The lowest BCUT2D eigenvalue weighted by Crippen LogP contribution is -2.61. The highest BCUT2D eigenvalue weighted by Gasteiger charge is 2.71. The van der Waals surface area contributed by atoms with Gasteiger partial charge in [-0.1, -0.05) is 0 Å². The Bertz CT molecular complexity index is 7180. The van der Waals surface area contributed by atoms with Crippen molar-refractivity contribution in [2.75, 3.05) is 6.61 Å². The summed E-state index contributed by atoms with van der Waals surface area (Å²) in [6.45, 7) is -0.478. The number of ether oxygens (including phenoxy) is 2. The Morgan fingerprint density at radius 2 is 0.526 bits per heavy atom. The monoisotopic (exact) mass is 954 g/mol. The molecule has 76 heavy (non-hydrogen) atoms. The van der Waals surface area contributed by atoms with E-state index < -0.39 is 42.7 Å². The van der Waals surface area contributed by atoms with E-state index in [9.17, 15) is 20.4 Å². The predicted molar refractivity (Wildman–Crippen MR) is 306 cm³/mol. The standard InChI is InChI=1S/C70H18O6/c71-4-6-65(72)66(73)67(74)68(76-6)75-5-1-2-69-61-53-45-35-25-17-9-7-8-11-15-13(9)21-29-23(15)33-27-19(11)20-12(8)16-14-10(7)18(17)26-32-22(14)30-24(16)34-28(20)38-37(27)47-41(33)51-43(29)49(39(45)31(21)25)55(61)57(51)63-59(47)60-48(38)42(34)52-44(30)50-40(32)46(36(26)35)54(53)62(69)56(50)58(52)64(60)70(63,69)3-5/h5-6,65-68,71-74H,1-4H2/t5?,6-,65-,66+,67-,68-,69?,70?/m1/s1. The van der Waals surface area contributed by atoms with Gasteiger partial charge < -0.3 is 29.9 Å². The molecular weight excluding hydrogens is 937 g/mol. The largest absolute Gasteiger partial charge is 0.394 e. The first-order valence-electron chi connectivity index (χ1n) is 28.3. The van der Waals surface area contributed by atoms with Crippen molar-refractivity contribution >= 4 is 291 Å². The molecule has 6 nitrogen and oxygen atoms in total. The molecule has 0 aromatic heterocycles. The van der Waals surface area contributed by atoms with E-state index in [1.54, 1.807) is 313 Å². The van der Waals surface area contributed by atoms with E-state index in [4.69, 9.17) is 9.47 Å². The van der Waals surface area contributed by atoms with Gasteiger partial charge >= 0.3 is 0 Å². The number of hydrogen-bond acceptors (Lipinski definition) is 6. The van der Waals surface area contributed by atoms with Crippen LogP contribution in [-0.4, -0.2) is 63.8 Å². The maximum absolute atomic E-state index is 11.8. The summed E-state index contributed by atoms with van der Waals surface area (Å²) in [6, 6.07) is 0. The van der Waals surface area contributed by atoms with Crippen molar-refractivity contribution in [3.63, 3.8) is 0 Å². The lowest BCUT2D eigenvalue weighted by Gasteiger charge is -2.59. The van der Waals surface area contributed by atoms with Gasteiger partial charge in [-0.2, -0.15) is 0 Å². The minimum absolute atomic E-state index is 0.337. The molecular formula is C70H18O6. The number of rotatable bonds is 3. The Kier molecular flexibility index (Phi) is 2.91. The molecule has 28 aromatic carbocycles. The highest BCUT2D eigenvalue weighted by Crippen LogP contribution is 2.86. The van der Waals surface area contributed by atoms with E-state index >= 15 is 0 Å². The summed E-state index contributed by atoms with van der Waals surface area (Å²) in [5, 5.41) is 130. The molecule has 0 radical (unpaired) electrons. The number of aliphatic hydroxyl groups excluding tert-OH is 4. The molecule has 2 fully saturated rings. The van der Waals surface area contributed by atoms with Gasteiger partial charge in [-0.25, -0.2) is 0 Å². The van der Waals surface area contributed by atoms with Crippen molar-refractivity contribution in [3.8, 4) is 0 Å². The third-order valence-corrected chi connectivity index (χ3v) is 27.2. The first-order valence-corrected chi connectivity index (χ1v) is 28.3. The van der Waals surface area contributed by atoms with E-state index in [1.165, 1.54) is 0 Å². The van der Waals surface area contributed by atoms with Crippen LogP contribution in [0.4, 0.5) is 0 Å². The number of hydrogen-bond donors (Lipinski definition) is 4. The van der Waals surface area contributed by atoms with Gasteiger partial charge in [0.25, 0.3) is 0 Å². The zero-order chi connectivity index (χ0) is 46.2. The fourth-order valence-electron chi connectivity index (χ4n) is 26.7. The minimum atomic E-state index is -1.50. The first-order chi connectivity index (χ1) is 37.6. The summed E-state index contributed by atoms with van der Waals surface area (Å²) in [4.78, 5) is 0. The Labute approximate surface area is 414 Å². The topological polar surface area (TPSA) is 99.4 Å². The smallest absolute Gasteiger partial charge is 0.186 e. The summed E-state index contributed by atoms with van der Waals surface area (Å²) >= 11 is 0. The van der Waals surface area contributed by atoms with Crippen LogP contribution in [0.5, 0.6) is 0 Å². The van der Waals surface area contributed by atoms with Gasteiger partial charge in [-0.15, -0.1) is 0 Å². The van der Waals surface area contributed by atoms with Crippen LogP contribution in [0.25, 0.3) is 291 Å². The summed E-state index contributed by atoms with van der Waals surface area (Å²) < 4.78 is 13.6. The molecule has 6 atom stereocenters. The maximum atomic E-state index is 11.8. The van der Waals surface area contributed by atoms with Crippen molar-refractivity contribution in [1.29, 1.82) is 0 Å². The first kappa shape index (κ1) is 30.7. The molecule has 0 amide bonds. The quantitative estimate of drug-likeness (QED) is 0.132. The number of benzene rings is 18. The second kappa shape index (κ2) is 7.21. The SMILES string of the molecule is OC[C@H]1O[C@@H](OC2CCC34c5c6c7c8c9c%10c(c%11c%12c3c3c5c5c%13c6c6c7c7c9c9c%14c%10c%10c%11c%11c%12c%12c3c3c5c5c%13c%13c6c6c7c9c7c9c%14c%10c%10c%11c%11c%12c3c3c5c5c%13c6c7c6c9c%10c%11c3c56)C84C2)[C@H](O)[C@@H](O)[C@@H]1O. The Balaban J connectivity index is 1.01. The van der Waals surface area contributed by atoms with Gasteiger partial charge in [0.1, 0.15) is 24.4 Å². The van der Waals surface area contributed by atoms with Crippen LogP contribution < -0.4 is 0 Å². The fourth-order valence-corrected chi connectivity index (χ4v) is 26.7. The van der Waals surface area contributed by atoms with E-state index in [0.717, 1.165) is 19.3 Å². The van der Waals surface area contributed by atoms with Crippen LogP contribution in [-0.2, 0) is 20.3 Å². The fraction of sp³-hybridized carbons (Fsp3) is 0.171. The highest BCUT2D eigenvalue weighted by atomic mass is 16.7. The second-order valence-corrected chi connectivity index (χ2v) is 27.8. The number of aliphatic hydroxyl groups is 4. The van der Waals surface area contributed by atoms with Gasteiger partial charge in [-0.05, 0) is 332 Å². The van der Waals surface area contributed by atoms with Crippen LogP contribution in [0.3, 0.4) is 0 Å². The van der Waals surface area contributed by atoms with Gasteiger partial charge in [0.05, 0.1) is 12.7 Å². The predicted octanol–water partition coefficient (Wildman–Crippen LogP) is 14.7. The Morgan fingerprint density at radius 3 is 0.763 bits per heavy atom. The van der Waals surface area contributed by atoms with Gasteiger partial charge in [-0.3, -0.25) is 0 Å². The molecule has 6 heteroatoms. The lowest BCUT2D eigenvalue weighted by molar-refractivity contribution is -0.314. The average molecular weight is 955 g/mol. The summed E-state index contributed by atoms with van der Waals surface area (Å²) in [5.41, 5.74) is 5.58. The van der Waals surface area contributed by atoms with Crippen LogP contribution in [0.1, 0.15) is 41.5 Å². The zero-order valence-corrected chi connectivity index (χ0v) is 38.9. The average Bonchev–Trinajstić information content (AvgIpc) is 3.31. The highest BCUT2D eigenvalue weighted by molar-refractivity contribution is 6.82. The van der Waals surface area contributed by atoms with E-state index in [2.05, 4.69) is 0 Å². The van der Waals surface area contributed by atoms with Crippen molar-refractivity contribution in [2.24, 2.45) is 0 Å². The van der Waals surface area contributed by atoms with Crippen LogP contribution in [0.2, 0.25) is 0 Å². The Morgan fingerprint density at radius 1 is 0.303 bits per heavy atom. The lowest BCUT2D eigenvalue weighted by atomic mass is 9.43. The molecule has 1 saturated heterocycles.